The van der Waals surface area contributed by atoms with Crippen molar-refractivity contribution in [1.82, 2.24) is 15.0 Å². The summed E-state index contributed by atoms with van der Waals surface area (Å²) in [6.07, 6.45) is 1.87. The van der Waals surface area contributed by atoms with Gasteiger partial charge in [-0.25, -0.2) is 4.98 Å². The predicted molar refractivity (Wildman–Crippen MR) is 72.3 cm³/mol. The first-order valence-electron chi connectivity index (χ1n) is 5.90. The Morgan fingerprint density at radius 2 is 2.06 bits per heavy atom. The molecular formula is C12H19N3OSi. The molecule has 4 nitrogen and oxygen atoms in total. The average Bonchev–Trinajstić information content (AvgIpc) is 2.63. The number of rotatable bonds is 4. The molecule has 2 rings (SSSR count). The molecule has 0 amide bonds. The Hall–Kier alpha value is -1.36. The van der Waals surface area contributed by atoms with Crippen LogP contribution in [0.15, 0.2) is 12.3 Å². The van der Waals surface area contributed by atoms with E-state index in [-0.39, 0.29) is 0 Å². The molecule has 0 aliphatic rings. The number of fused-ring (bicyclic) bond motifs is 1. The molecule has 0 bridgehead atoms. The van der Waals surface area contributed by atoms with Gasteiger partial charge in [-0.2, -0.15) is 4.98 Å². The summed E-state index contributed by atoms with van der Waals surface area (Å²) in [4.78, 5) is 11.8. The number of H-pyrrole nitrogens is 1. The third-order valence-corrected chi connectivity index (χ3v) is 4.29. The lowest BCUT2D eigenvalue weighted by molar-refractivity contribution is 0.328. The number of nitrogens with zero attached hydrogens (tertiary/aromatic N) is 2. The predicted octanol–water partition coefficient (Wildman–Crippen LogP) is 2.98. The first-order valence-corrected chi connectivity index (χ1v) is 9.61. The van der Waals surface area contributed by atoms with Crippen molar-refractivity contribution in [3.05, 3.63) is 18.1 Å². The van der Waals surface area contributed by atoms with Crippen LogP contribution in [0, 0.1) is 6.92 Å². The van der Waals surface area contributed by atoms with Crippen molar-refractivity contribution in [3.63, 3.8) is 0 Å². The van der Waals surface area contributed by atoms with Crippen LogP contribution < -0.4 is 4.74 Å². The largest absolute Gasteiger partial charge is 0.477 e. The van der Waals surface area contributed by atoms with Gasteiger partial charge in [0.2, 0.25) is 5.88 Å². The highest BCUT2D eigenvalue weighted by Crippen LogP contribution is 2.22. The van der Waals surface area contributed by atoms with Gasteiger partial charge in [-0.05, 0) is 19.0 Å². The second-order valence-corrected chi connectivity index (χ2v) is 11.1. The molecule has 2 heterocycles. The van der Waals surface area contributed by atoms with Crippen molar-refractivity contribution in [2.45, 2.75) is 32.6 Å². The van der Waals surface area contributed by atoms with Crippen LogP contribution in [0.25, 0.3) is 11.0 Å². The van der Waals surface area contributed by atoms with Crippen LogP contribution in [0.5, 0.6) is 5.88 Å². The maximum absolute atomic E-state index is 5.80. The van der Waals surface area contributed by atoms with Crippen LogP contribution >= 0.6 is 0 Å². The number of aryl methyl sites for hydroxylation is 1. The normalized spacial score (nSPS) is 12.0. The summed E-state index contributed by atoms with van der Waals surface area (Å²) < 4.78 is 5.80. The summed E-state index contributed by atoms with van der Waals surface area (Å²) in [7, 11) is -1.05. The van der Waals surface area contributed by atoms with Crippen LogP contribution in [-0.4, -0.2) is 29.6 Å². The second-order valence-electron chi connectivity index (χ2n) is 5.48. The van der Waals surface area contributed by atoms with Crippen LogP contribution in [-0.2, 0) is 0 Å². The molecule has 0 spiro atoms. The average molecular weight is 249 g/mol. The van der Waals surface area contributed by atoms with Gasteiger partial charge in [0.25, 0.3) is 0 Å². The Morgan fingerprint density at radius 3 is 2.76 bits per heavy atom. The minimum atomic E-state index is -1.05. The van der Waals surface area contributed by atoms with E-state index < -0.39 is 8.07 Å². The van der Waals surface area contributed by atoms with Crippen molar-refractivity contribution >= 4 is 19.1 Å². The zero-order valence-electron chi connectivity index (χ0n) is 10.9. The maximum Gasteiger partial charge on any atom is 0.226 e. The highest BCUT2D eigenvalue weighted by molar-refractivity contribution is 6.76. The lowest BCUT2D eigenvalue weighted by Gasteiger charge is -2.15. The van der Waals surface area contributed by atoms with Crippen molar-refractivity contribution < 1.29 is 4.74 Å². The summed E-state index contributed by atoms with van der Waals surface area (Å²) in [6, 6.07) is 3.10. The SMILES string of the molecule is Cc1nc(OCC[Si](C)(C)C)c2cc[nH]c2n1. The van der Waals surface area contributed by atoms with Gasteiger partial charge in [-0.15, -0.1) is 0 Å². The molecule has 2 aromatic rings. The molecule has 0 aliphatic heterocycles. The van der Waals surface area contributed by atoms with Gasteiger partial charge in [0.05, 0.1) is 12.0 Å². The number of hydrogen-bond acceptors (Lipinski definition) is 3. The topological polar surface area (TPSA) is 50.8 Å². The van der Waals surface area contributed by atoms with Crippen LogP contribution in [0.3, 0.4) is 0 Å². The van der Waals surface area contributed by atoms with Crippen molar-refractivity contribution in [2.75, 3.05) is 6.61 Å². The lowest BCUT2D eigenvalue weighted by atomic mass is 10.4. The molecule has 1 N–H and O–H groups in total. The van der Waals surface area contributed by atoms with Crippen molar-refractivity contribution in [2.24, 2.45) is 0 Å². The van der Waals surface area contributed by atoms with E-state index in [9.17, 15) is 0 Å². The molecule has 0 unspecified atom stereocenters. The zero-order valence-corrected chi connectivity index (χ0v) is 11.9. The fourth-order valence-electron chi connectivity index (χ4n) is 1.58. The van der Waals surface area contributed by atoms with Gasteiger partial charge in [0.1, 0.15) is 11.5 Å². The van der Waals surface area contributed by atoms with E-state index in [0.717, 1.165) is 29.5 Å². The molecule has 0 fully saturated rings. The molecule has 0 aliphatic carbocycles. The van der Waals surface area contributed by atoms with Crippen molar-refractivity contribution in [3.8, 4) is 5.88 Å². The number of hydrogen-bond donors (Lipinski definition) is 1. The molecule has 0 atom stereocenters. The summed E-state index contributed by atoms with van der Waals surface area (Å²) in [5.41, 5.74) is 0.848. The Morgan fingerprint density at radius 1 is 1.29 bits per heavy atom. The minimum absolute atomic E-state index is 0.701. The van der Waals surface area contributed by atoms with E-state index in [1.54, 1.807) is 0 Å². The number of aromatic nitrogens is 3. The highest BCUT2D eigenvalue weighted by atomic mass is 28.3. The number of ether oxygens (including phenoxy) is 1. The Bertz CT molecular complexity index is 516. The van der Waals surface area contributed by atoms with Gasteiger partial charge < -0.3 is 9.72 Å². The molecule has 17 heavy (non-hydrogen) atoms. The quantitative estimate of drug-likeness (QED) is 0.847. The maximum atomic E-state index is 5.80. The van der Waals surface area contributed by atoms with Gasteiger partial charge in [0.15, 0.2) is 0 Å². The first kappa shape index (κ1) is 12.1. The van der Waals surface area contributed by atoms with Crippen LogP contribution in [0.1, 0.15) is 5.82 Å². The lowest BCUT2D eigenvalue weighted by Crippen LogP contribution is -2.22. The van der Waals surface area contributed by atoms with Crippen molar-refractivity contribution in [1.29, 1.82) is 0 Å². The molecule has 0 saturated carbocycles. The van der Waals surface area contributed by atoms with Crippen LogP contribution in [0.2, 0.25) is 25.7 Å². The van der Waals surface area contributed by atoms with E-state index >= 15 is 0 Å². The van der Waals surface area contributed by atoms with Gasteiger partial charge >= 0.3 is 0 Å². The van der Waals surface area contributed by atoms with E-state index in [4.69, 9.17) is 4.74 Å². The Kier molecular flexibility index (Phi) is 3.19. The molecule has 0 aromatic carbocycles. The monoisotopic (exact) mass is 249 g/mol. The van der Waals surface area contributed by atoms with Gasteiger partial charge in [0, 0.05) is 14.3 Å². The Labute approximate surface area is 102 Å². The van der Waals surface area contributed by atoms with E-state index in [2.05, 4.69) is 34.6 Å². The first-order chi connectivity index (χ1) is 7.96. The molecule has 92 valence electrons. The summed E-state index contributed by atoms with van der Waals surface area (Å²) in [6.45, 7) is 9.65. The molecule has 2 aromatic heterocycles. The second kappa shape index (κ2) is 4.48. The fraction of sp³-hybridized carbons (Fsp3) is 0.500. The standard InChI is InChI=1S/C12H19N3OSi/c1-9-14-11-10(5-6-13-11)12(15-9)16-7-8-17(2,3)4/h5-6H,7-8H2,1-4H3,(H,13,14,15). The minimum Gasteiger partial charge on any atom is -0.477 e. The Balaban J connectivity index is 2.15. The fourth-order valence-corrected chi connectivity index (χ4v) is 2.30. The molecule has 0 saturated heterocycles. The molecule has 5 heteroatoms. The van der Waals surface area contributed by atoms with E-state index in [0.29, 0.717) is 5.88 Å². The summed E-state index contributed by atoms with van der Waals surface area (Å²) in [5.74, 6) is 1.44. The third-order valence-electron chi connectivity index (χ3n) is 2.58. The molecular weight excluding hydrogens is 230 g/mol. The van der Waals surface area contributed by atoms with Gasteiger partial charge in [-0.1, -0.05) is 19.6 Å². The zero-order chi connectivity index (χ0) is 12.5. The highest BCUT2D eigenvalue weighted by Gasteiger charge is 2.14. The summed E-state index contributed by atoms with van der Waals surface area (Å²) >= 11 is 0. The van der Waals surface area contributed by atoms with Gasteiger partial charge in [-0.3, -0.25) is 0 Å². The summed E-state index contributed by atoms with van der Waals surface area (Å²) in [5, 5.41) is 0.964. The number of aromatic amines is 1. The van der Waals surface area contributed by atoms with E-state index in [1.165, 1.54) is 0 Å². The third kappa shape index (κ3) is 3.06. The van der Waals surface area contributed by atoms with Crippen LogP contribution in [0.4, 0.5) is 0 Å². The van der Waals surface area contributed by atoms with E-state index in [1.807, 2.05) is 19.2 Å². The number of nitrogens with one attached hydrogen (secondary N) is 1. The molecule has 0 radical (unpaired) electrons. The smallest absolute Gasteiger partial charge is 0.226 e.